The van der Waals surface area contributed by atoms with Gasteiger partial charge in [0.2, 0.25) is 0 Å². The number of furan rings is 1. The summed E-state index contributed by atoms with van der Waals surface area (Å²) < 4.78 is 8.43. The zero-order valence-corrected chi connectivity index (χ0v) is 29.8. The van der Waals surface area contributed by atoms with E-state index in [2.05, 4.69) is 159 Å². The van der Waals surface area contributed by atoms with Crippen LogP contribution in [0.15, 0.2) is 156 Å². The fourth-order valence-electron chi connectivity index (χ4n) is 8.03. The van der Waals surface area contributed by atoms with E-state index >= 15 is 0 Å². The maximum atomic E-state index is 7.67. The predicted octanol–water partition coefficient (Wildman–Crippen LogP) is 13.8. The molecule has 0 unspecified atom stereocenters. The highest BCUT2D eigenvalue weighted by molar-refractivity contribution is 6.36. The number of aromatic nitrogens is 2. The second-order valence-electron chi connectivity index (χ2n) is 14.5. The summed E-state index contributed by atoms with van der Waals surface area (Å²) in [4.78, 5) is 2.29. The molecule has 0 saturated carbocycles. The number of hydrogen-bond acceptors (Lipinski definition) is 3. The van der Waals surface area contributed by atoms with E-state index < -0.39 is 0 Å². The van der Waals surface area contributed by atoms with E-state index in [1.54, 1.807) is 0 Å². The molecule has 5 heteroatoms. The number of rotatable bonds is 4. The van der Waals surface area contributed by atoms with Crippen LogP contribution in [-0.4, -0.2) is 9.78 Å². The Labute approximate surface area is 306 Å². The largest absolute Gasteiger partial charge is 0.456 e. The van der Waals surface area contributed by atoms with Gasteiger partial charge in [0.25, 0.3) is 0 Å². The lowest BCUT2D eigenvalue weighted by molar-refractivity contribution is 0.565. The molecule has 10 rings (SSSR count). The second kappa shape index (κ2) is 11.5. The molecule has 0 N–H and O–H groups in total. The Balaban J connectivity index is 1.29. The van der Waals surface area contributed by atoms with E-state index in [4.69, 9.17) is 21.1 Å². The summed E-state index contributed by atoms with van der Waals surface area (Å²) in [5, 5.41) is 16.3. The first-order valence-electron chi connectivity index (χ1n) is 17.7. The van der Waals surface area contributed by atoms with Crippen LogP contribution in [0, 0.1) is 0 Å². The molecule has 4 nitrogen and oxygen atoms in total. The molecule has 0 fully saturated rings. The molecular weight excluding hydrogens is 658 g/mol. The van der Waals surface area contributed by atoms with Gasteiger partial charge < -0.3 is 9.32 Å². The van der Waals surface area contributed by atoms with Crippen molar-refractivity contribution in [2.75, 3.05) is 4.90 Å². The summed E-state index contributed by atoms with van der Waals surface area (Å²) in [6.07, 6.45) is 0. The lowest BCUT2D eigenvalue weighted by atomic mass is 9.90. The quantitative estimate of drug-likeness (QED) is 0.172. The van der Waals surface area contributed by atoms with Crippen molar-refractivity contribution < 1.29 is 4.42 Å². The van der Waals surface area contributed by atoms with Crippen LogP contribution in [0.5, 0.6) is 0 Å². The van der Waals surface area contributed by atoms with Gasteiger partial charge in [-0.15, -0.1) is 0 Å². The third kappa shape index (κ3) is 4.57. The normalized spacial score (nSPS) is 12.2. The van der Waals surface area contributed by atoms with Crippen LogP contribution < -0.4 is 4.90 Å². The van der Waals surface area contributed by atoms with Gasteiger partial charge in [-0.1, -0.05) is 136 Å². The molecule has 0 spiro atoms. The number of halogens is 1. The number of fused-ring (bicyclic) bond motifs is 10. The first kappa shape index (κ1) is 30.7. The van der Waals surface area contributed by atoms with Crippen molar-refractivity contribution in [3.8, 4) is 5.69 Å². The molecule has 0 aliphatic heterocycles. The SMILES string of the molecule is CC(C)(C)c1nn(-c2cccc(N(c3ccc4c5ccccc5c5ccccc5c4c3)c3cccc4oc5ccccc5c34)c2Cl)c2ccccc12. The van der Waals surface area contributed by atoms with Crippen molar-refractivity contribution >= 4 is 93.8 Å². The third-order valence-electron chi connectivity index (χ3n) is 10.3. The maximum Gasteiger partial charge on any atom is 0.137 e. The Hall–Kier alpha value is -6.10. The van der Waals surface area contributed by atoms with Gasteiger partial charge in [-0.25, -0.2) is 4.68 Å². The van der Waals surface area contributed by atoms with Gasteiger partial charge in [0.15, 0.2) is 0 Å². The van der Waals surface area contributed by atoms with E-state index in [0.717, 1.165) is 61.3 Å². The summed E-state index contributed by atoms with van der Waals surface area (Å²) in [6.45, 7) is 6.61. The van der Waals surface area contributed by atoms with Gasteiger partial charge in [-0.2, -0.15) is 5.10 Å². The molecule has 2 aromatic heterocycles. The highest BCUT2D eigenvalue weighted by atomic mass is 35.5. The minimum absolute atomic E-state index is 0.156. The molecule has 0 amide bonds. The second-order valence-corrected chi connectivity index (χ2v) is 14.9. The summed E-state index contributed by atoms with van der Waals surface area (Å²) >= 11 is 7.67. The minimum Gasteiger partial charge on any atom is -0.456 e. The molecule has 52 heavy (non-hydrogen) atoms. The molecule has 0 aliphatic carbocycles. The third-order valence-corrected chi connectivity index (χ3v) is 10.7. The molecule has 0 bridgehead atoms. The average molecular weight is 692 g/mol. The van der Waals surface area contributed by atoms with E-state index in [9.17, 15) is 0 Å². The Bertz CT molecular complexity index is 3000. The first-order chi connectivity index (χ1) is 25.4. The zero-order valence-electron chi connectivity index (χ0n) is 29.1. The molecule has 250 valence electrons. The van der Waals surface area contributed by atoms with Crippen LogP contribution in [0.25, 0.3) is 70.8 Å². The molecule has 2 heterocycles. The molecule has 0 aliphatic rings. The van der Waals surface area contributed by atoms with Gasteiger partial charge in [0.05, 0.1) is 38.7 Å². The zero-order chi connectivity index (χ0) is 35.1. The number of nitrogens with zero attached hydrogens (tertiary/aromatic N) is 3. The maximum absolute atomic E-state index is 7.67. The summed E-state index contributed by atoms with van der Waals surface area (Å²) in [7, 11) is 0. The minimum atomic E-state index is -0.156. The van der Waals surface area contributed by atoms with Gasteiger partial charge in [-0.05, 0) is 80.8 Å². The summed E-state index contributed by atoms with van der Waals surface area (Å²) in [5.41, 5.74) is 7.19. The smallest absolute Gasteiger partial charge is 0.137 e. The van der Waals surface area contributed by atoms with Crippen molar-refractivity contribution in [2.24, 2.45) is 0 Å². The average Bonchev–Trinajstić information content (AvgIpc) is 3.76. The van der Waals surface area contributed by atoms with Gasteiger partial charge in [0.1, 0.15) is 11.2 Å². The van der Waals surface area contributed by atoms with Crippen molar-refractivity contribution in [2.45, 2.75) is 26.2 Å². The van der Waals surface area contributed by atoms with Gasteiger partial charge >= 0.3 is 0 Å². The lowest BCUT2D eigenvalue weighted by Gasteiger charge is -2.28. The standard InChI is InChI=1S/C47H34ClN3O/c1-47(2,3)46-35-18-8-10-20-38(35)51(49-46)41-23-12-22-40(45(41)48)50(39-21-13-25-43-44(39)36-19-9-11-24-42(36)52-43)29-26-27-34-32-16-5-4-14-30(32)31-15-6-7-17-33(31)37(34)28-29/h4-28H,1-3H3. The highest BCUT2D eigenvalue weighted by Gasteiger charge is 2.26. The highest BCUT2D eigenvalue weighted by Crippen LogP contribution is 2.48. The van der Waals surface area contributed by atoms with E-state index in [1.807, 2.05) is 22.9 Å². The topological polar surface area (TPSA) is 34.2 Å². The monoisotopic (exact) mass is 691 g/mol. The molecule has 10 aromatic rings. The first-order valence-corrected chi connectivity index (χ1v) is 18.1. The van der Waals surface area contributed by atoms with Crippen LogP contribution in [0.3, 0.4) is 0 Å². The van der Waals surface area contributed by atoms with Crippen LogP contribution in [0.4, 0.5) is 17.1 Å². The fourth-order valence-corrected chi connectivity index (χ4v) is 8.32. The van der Waals surface area contributed by atoms with Gasteiger partial charge in [-0.3, -0.25) is 0 Å². The Kier molecular flexibility index (Phi) is 6.77. The molecule has 0 atom stereocenters. The van der Waals surface area contributed by atoms with Gasteiger partial charge in [0, 0.05) is 21.9 Å². The van der Waals surface area contributed by atoms with Crippen molar-refractivity contribution in [1.29, 1.82) is 0 Å². The molecule has 8 aromatic carbocycles. The van der Waals surface area contributed by atoms with Crippen LogP contribution in [0.1, 0.15) is 26.5 Å². The van der Waals surface area contributed by atoms with Crippen molar-refractivity contribution in [3.63, 3.8) is 0 Å². The Morgan fingerprint density at radius 3 is 1.81 bits per heavy atom. The predicted molar refractivity (Wildman–Crippen MR) is 219 cm³/mol. The van der Waals surface area contributed by atoms with E-state index in [0.29, 0.717) is 5.02 Å². The molecule has 0 radical (unpaired) electrons. The van der Waals surface area contributed by atoms with Crippen molar-refractivity contribution in [1.82, 2.24) is 9.78 Å². The molecule has 0 saturated heterocycles. The van der Waals surface area contributed by atoms with Crippen molar-refractivity contribution in [3.05, 3.63) is 162 Å². The van der Waals surface area contributed by atoms with Crippen LogP contribution in [-0.2, 0) is 5.41 Å². The van der Waals surface area contributed by atoms with E-state index in [1.165, 1.54) is 32.3 Å². The van der Waals surface area contributed by atoms with Crippen LogP contribution in [0.2, 0.25) is 5.02 Å². The van der Waals surface area contributed by atoms with Crippen LogP contribution >= 0.6 is 11.6 Å². The number of para-hydroxylation sites is 2. The van der Waals surface area contributed by atoms with E-state index in [-0.39, 0.29) is 5.41 Å². The summed E-state index contributed by atoms with van der Waals surface area (Å²) in [5.74, 6) is 0. The fraction of sp³-hybridized carbons (Fsp3) is 0.0851. The summed E-state index contributed by atoms with van der Waals surface area (Å²) in [6, 6.07) is 53.3. The molecular formula is C47H34ClN3O. The Morgan fingerprint density at radius 2 is 1.10 bits per heavy atom. The lowest BCUT2D eigenvalue weighted by Crippen LogP contribution is -2.14. The number of anilines is 3. The number of hydrogen-bond donors (Lipinski definition) is 0. The Morgan fingerprint density at radius 1 is 0.538 bits per heavy atom. The number of benzene rings is 8.